The lowest BCUT2D eigenvalue weighted by Gasteiger charge is -2.68. The first-order valence-corrected chi connectivity index (χ1v) is 20.5. The van der Waals surface area contributed by atoms with Crippen LogP contribution in [0.15, 0.2) is 23.3 Å². The van der Waals surface area contributed by atoms with Crippen molar-refractivity contribution < 1.29 is 74.2 Å². The van der Waals surface area contributed by atoms with Crippen molar-refractivity contribution in [1.29, 1.82) is 0 Å². The molecule has 15 heteroatoms. The third kappa shape index (κ3) is 6.27. The van der Waals surface area contributed by atoms with Crippen LogP contribution in [0, 0.1) is 44.3 Å². The Balaban J connectivity index is 1.17. The first-order chi connectivity index (χ1) is 26.4. The van der Waals surface area contributed by atoms with Crippen LogP contribution < -0.4 is 0 Å². The lowest BCUT2D eigenvalue weighted by molar-refractivity contribution is -0.370. The SMILES string of the molecule is CC1(C)[C@@H](O[C@H]2O[C@H](C(=O)O)[C@@H](O)[C@H](O)[C@H]2O[C@@H]2O[C@H](C(=O)O)[C@@H](O)[C@H](O)[C@H]2O)CC[C@]2(C)C3=CC=C4[C@@H]5C[C@@](C)(C(=O)O)CC[C@]5(C)CCC4(C)[C@]3(C)CC[C@@H]12. The summed E-state index contributed by atoms with van der Waals surface area (Å²) in [7, 11) is 0. The Labute approximate surface area is 333 Å². The van der Waals surface area contributed by atoms with Gasteiger partial charge in [-0.25, -0.2) is 9.59 Å². The van der Waals surface area contributed by atoms with Crippen LogP contribution >= 0.6 is 0 Å². The Morgan fingerprint density at radius 1 is 0.649 bits per heavy atom. The van der Waals surface area contributed by atoms with Crippen molar-refractivity contribution in [2.75, 3.05) is 0 Å². The molecule has 15 nitrogen and oxygen atoms in total. The predicted molar refractivity (Wildman–Crippen MR) is 199 cm³/mol. The molecule has 5 aliphatic carbocycles. The molecule has 0 aromatic carbocycles. The van der Waals surface area contributed by atoms with E-state index >= 15 is 0 Å². The third-order valence-corrected chi connectivity index (χ3v) is 16.9. The highest BCUT2D eigenvalue weighted by Gasteiger charge is 2.67. The first kappa shape index (κ1) is 42.6. The lowest BCUT2D eigenvalue weighted by Crippen LogP contribution is -2.66. The van der Waals surface area contributed by atoms with Gasteiger partial charge in [0.05, 0.1) is 11.5 Å². The zero-order chi connectivity index (χ0) is 42.0. The van der Waals surface area contributed by atoms with Crippen LogP contribution in [0.4, 0.5) is 0 Å². The normalized spacial score (nSPS) is 51.8. The molecule has 320 valence electrons. The van der Waals surface area contributed by atoms with Crippen LogP contribution in [0.1, 0.15) is 106 Å². The maximum atomic E-state index is 12.5. The summed E-state index contributed by atoms with van der Waals surface area (Å²) in [6.07, 6.45) is -7.97. The highest BCUT2D eigenvalue weighted by molar-refractivity contribution is 5.75. The van der Waals surface area contributed by atoms with Gasteiger partial charge < -0.3 is 59.8 Å². The van der Waals surface area contributed by atoms with E-state index in [2.05, 4.69) is 53.7 Å². The first-order valence-electron chi connectivity index (χ1n) is 20.5. The Kier molecular flexibility index (Phi) is 10.5. The number of rotatable bonds is 7. The van der Waals surface area contributed by atoms with Crippen molar-refractivity contribution in [3.63, 3.8) is 0 Å². The molecule has 2 aliphatic heterocycles. The number of aliphatic carboxylic acids is 3. The molecule has 0 aromatic heterocycles. The summed E-state index contributed by atoms with van der Waals surface area (Å²) in [5.41, 5.74) is 0.856. The van der Waals surface area contributed by atoms with E-state index in [-0.39, 0.29) is 33.5 Å². The van der Waals surface area contributed by atoms with Crippen LogP contribution in [-0.4, -0.2) is 126 Å². The van der Waals surface area contributed by atoms with Gasteiger partial charge in [0, 0.05) is 0 Å². The molecule has 0 aromatic rings. The van der Waals surface area contributed by atoms with Crippen LogP contribution in [-0.2, 0) is 33.3 Å². The van der Waals surface area contributed by atoms with E-state index < -0.39 is 96.3 Å². The molecule has 0 spiro atoms. The second-order valence-corrected chi connectivity index (χ2v) is 20.2. The molecule has 2 heterocycles. The van der Waals surface area contributed by atoms with E-state index in [1.807, 2.05) is 6.92 Å². The number of hydrogen-bond acceptors (Lipinski definition) is 12. The predicted octanol–water partition coefficient (Wildman–Crippen LogP) is 2.99. The van der Waals surface area contributed by atoms with E-state index in [9.17, 15) is 55.2 Å². The van der Waals surface area contributed by atoms with Crippen molar-refractivity contribution in [3.05, 3.63) is 23.3 Å². The monoisotopic (exact) mass is 806 g/mol. The molecule has 0 amide bonds. The summed E-state index contributed by atoms with van der Waals surface area (Å²) in [5, 5.41) is 83.0. The molecule has 0 radical (unpaired) electrons. The van der Waals surface area contributed by atoms with Gasteiger partial charge >= 0.3 is 17.9 Å². The van der Waals surface area contributed by atoms with Crippen molar-refractivity contribution in [2.45, 2.75) is 174 Å². The van der Waals surface area contributed by atoms with Gasteiger partial charge in [0.2, 0.25) is 0 Å². The lowest BCUT2D eigenvalue weighted by atomic mass is 9.36. The van der Waals surface area contributed by atoms with Gasteiger partial charge in [-0.3, -0.25) is 4.79 Å². The molecule has 7 aliphatic rings. The highest BCUT2D eigenvalue weighted by atomic mass is 16.8. The molecule has 57 heavy (non-hydrogen) atoms. The number of carboxylic acid groups (broad SMARTS) is 3. The molecule has 4 saturated carbocycles. The van der Waals surface area contributed by atoms with Gasteiger partial charge in [-0.05, 0) is 104 Å². The topological polar surface area (TPSA) is 250 Å². The second-order valence-electron chi connectivity index (χ2n) is 20.2. The number of fused-ring (bicyclic) bond motifs is 7. The zero-order valence-corrected chi connectivity index (χ0v) is 34.0. The minimum Gasteiger partial charge on any atom is -0.481 e. The molecule has 18 atom stereocenters. The Morgan fingerprint density at radius 2 is 1.25 bits per heavy atom. The number of aliphatic hydroxyl groups is 5. The number of hydrogen-bond donors (Lipinski definition) is 8. The maximum absolute atomic E-state index is 12.5. The second kappa shape index (κ2) is 14.1. The summed E-state index contributed by atoms with van der Waals surface area (Å²) >= 11 is 0. The quantitative estimate of drug-likeness (QED) is 0.172. The standard InChI is InChI=1S/C42H62O15/c1-37(2)21-10-13-42(7)22(9-8-19-20-18-39(4,36(52)53)15-14-38(20,3)16-17-41(19,42)6)40(21,5)12-11-23(37)54-35-31(27(46)26(45)30(56-35)33(50)51)57-34-28(47)24(43)25(44)29(55-34)32(48)49/h8-9,20-21,23-31,34-35,43-47H,10-18H2,1-7H3,(H,48,49)(H,50,51)(H,52,53)/t20-,21-,23-,24-,25-,26-,27-,28+,29-,30-,31+,34-,35-,38+,39-,40-,41?,42+/m0/s1. The fourth-order valence-electron chi connectivity index (χ4n) is 12.8. The van der Waals surface area contributed by atoms with Crippen LogP contribution in [0.3, 0.4) is 0 Å². The zero-order valence-electron chi connectivity index (χ0n) is 34.0. The van der Waals surface area contributed by atoms with E-state index in [1.165, 1.54) is 11.1 Å². The Bertz CT molecular complexity index is 1710. The van der Waals surface area contributed by atoms with Gasteiger partial charge in [-0.15, -0.1) is 0 Å². The summed E-state index contributed by atoms with van der Waals surface area (Å²) in [5.74, 6) is -3.70. The van der Waals surface area contributed by atoms with E-state index in [0.717, 1.165) is 32.1 Å². The molecular weight excluding hydrogens is 744 g/mol. The largest absolute Gasteiger partial charge is 0.481 e. The van der Waals surface area contributed by atoms with Crippen molar-refractivity contribution in [1.82, 2.24) is 0 Å². The van der Waals surface area contributed by atoms with Gasteiger partial charge in [-0.2, -0.15) is 0 Å². The smallest absolute Gasteiger partial charge is 0.335 e. The summed E-state index contributed by atoms with van der Waals surface area (Å²) in [6, 6.07) is 0. The fraction of sp³-hybridized carbons (Fsp3) is 0.833. The van der Waals surface area contributed by atoms with Crippen LogP contribution in [0.5, 0.6) is 0 Å². The molecule has 8 N–H and O–H groups in total. The molecule has 1 unspecified atom stereocenters. The number of ether oxygens (including phenoxy) is 4. The van der Waals surface area contributed by atoms with E-state index in [1.54, 1.807) is 0 Å². The number of carboxylic acids is 3. The summed E-state index contributed by atoms with van der Waals surface area (Å²) in [4.78, 5) is 36.4. The van der Waals surface area contributed by atoms with E-state index in [0.29, 0.717) is 25.7 Å². The van der Waals surface area contributed by atoms with E-state index in [4.69, 9.17) is 18.9 Å². The summed E-state index contributed by atoms with van der Waals surface area (Å²) < 4.78 is 23.5. The van der Waals surface area contributed by atoms with Gasteiger partial charge in [0.25, 0.3) is 0 Å². The average Bonchev–Trinajstić information content (AvgIpc) is 3.12. The minimum absolute atomic E-state index is 0.0484. The van der Waals surface area contributed by atoms with Gasteiger partial charge in [0.1, 0.15) is 36.6 Å². The average molecular weight is 807 g/mol. The highest BCUT2D eigenvalue weighted by Crippen LogP contribution is 2.74. The van der Waals surface area contributed by atoms with Gasteiger partial charge in [-0.1, -0.05) is 64.8 Å². The van der Waals surface area contributed by atoms with Crippen molar-refractivity contribution in [3.8, 4) is 0 Å². The molecule has 2 saturated heterocycles. The minimum atomic E-state index is -2.01. The maximum Gasteiger partial charge on any atom is 0.335 e. The fourth-order valence-corrected chi connectivity index (χ4v) is 12.8. The Morgan fingerprint density at radius 3 is 1.86 bits per heavy atom. The number of allylic oxidation sites excluding steroid dienone is 4. The van der Waals surface area contributed by atoms with Crippen molar-refractivity contribution in [2.24, 2.45) is 44.3 Å². The molecule has 7 rings (SSSR count). The molecule has 6 fully saturated rings. The Hall–Kier alpha value is -2.47. The van der Waals surface area contributed by atoms with Gasteiger partial charge in [0.15, 0.2) is 24.8 Å². The van der Waals surface area contributed by atoms with Crippen LogP contribution in [0.2, 0.25) is 0 Å². The third-order valence-electron chi connectivity index (χ3n) is 16.9. The summed E-state index contributed by atoms with van der Waals surface area (Å²) in [6.45, 7) is 15.5. The number of carbonyl (C=O) groups is 3. The van der Waals surface area contributed by atoms with Crippen molar-refractivity contribution >= 4 is 17.9 Å². The van der Waals surface area contributed by atoms with Crippen LogP contribution in [0.25, 0.3) is 0 Å². The molecular formula is C42H62O15. The molecule has 0 bridgehead atoms. The number of aliphatic hydroxyl groups excluding tert-OH is 5.